The van der Waals surface area contributed by atoms with Gasteiger partial charge in [0.05, 0.1) is 5.69 Å². The molecule has 10 heavy (non-hydrogen) atoms. The van der Waals surface area contributed by atoms with Crippen molar-refractivity contribution in [1.82, 2.24) is 10.2 Å². The normalized spacial score (nSPS) is 10.5. The number of nitrogens with zero attached hydrogens (tertiary/aromatic N) is 1. The van der Waals surface area contributed by atoms with E-state index in [9.17, 15) is 0 Å². The van der Waals surface area contributed by atoms with E-state index in [2.05, 4.69) is 16.8 Å². The summed E-state index contributed by atoms with van der Waals surface area (Å²) in [5.74, 6) is 0. The first-order valence-corrected chi connectivity index (χ1v) is 3.16. The highest BCUT2D eigenvalue weighted by Gasteiger charge is 1.92. The summed E-state index contributed by atoms with van der Waals surface area (Å²) in [7, 11) is 0. The molecule has 2 nitrogen and oxygen atoms in total. The van der Waals surface area contributed by atoms with E-state index >= 15 is 0 Å². The van der Waals surface area contributed by atoms with E-state index in [4.69, 9.17) is 0 Å². The number of allylic oxidation sites excluding steroid dienone is 3. The van der Waals surface area contributed by atoms with E-state index < -0.39 is 0 Å². The molecule has 52 valence electrons. The first-order valence-electron chi connectivity index (χ1n) is 3.16. The Bertz CT molecular complexity index is 232. The van der Waals surface area contributed by atoms with Crippen molar-refractivity contribution in [3.05, 3.63) is 36.7 Å². The van der Waals surface area contributed by atoms with Gasteiger partial charge in [-0.25, -0.2) is 0 Å². The summed E-state index contributed by atoms with van der Waals surface area (Å²) in [6.07, 6.45) is 5.60. The standard InChI is InChI=1S/C8H10N2/c1-3-4-7(2)8-5-6-9-10-8/h3-6H,2H2,1H3,(H,9,10)/b4-3-. The van der Waals surface area contributed by atoms with E-state index in [1.807, 2.05) is 25.1 Å². The summed E-state index contributed by atoms with van der Waals surface area (Å²) in [5.41, 5.74) is 1.93. The number of rotatable bonds is 2. The van der Waals surface area contributed by atoms with Crippen LogP contribution in [0.2, 0.25) is 0 Å². The van der Waals surface area contributed by atoms with E-state index in [1.165, 1.54) is 0 Å². The highest BCUT2D eigenvalue weighted by atomic mass is 15.1. The average molecular weight is 134 g/mol. The van der Waals surface area contributed by atoms with Crippen molar-refractivity contribution in [2.45, 2.75) is 6.92 Å². The molecule has 1 N–H and O–H groups in total. The number of hydrogen-bond acceptors (Lipinski definition) is 1. The molecule has 0 unspecified atom stereocenters. The summed E-state index contributed by atoms with van der Waals surface area (Å²) in [6.45, 7) is 5.79. The maximum atomic E-state index is 3.83. The van der Waals surface area contributed by atoms with Gasteiger partial charge in [0.25, 0.3) is 0 Å². The summed E-state index contributed by atoms with van der Waals surface area (Å²) < 4.78 is 0. The molecule has 0 radical (unpaired) electrons. The molecule has 0 amide bonds. The second kappa shape index (κ2) is 3.01. The summed E-state index contributed by atoms with van der Waals surface area (Å²) in [5, 5.41) is 6.63. The van der Waals surface area contributed by atoms with E-state index in [0.717, 1.165) is 11.3 Å². The Labute approximate surface area is 60.3 Å². The van der Waals surface area contributed by atoms with Gasteiger partial charge in [0.2, 0.25) is 0 Å². The van der Waals surface area contributed by atoms with Gasteiger partial charge in [0.1, 0.15) is 0 Å². The fourth-order valence-corrected chi connectivity index (χ4v) is 0.726. The zero-order valence-corrected chi connectivity index (χ0v) is 5.96. The molecule has 1 aromatic heterocycles. The molecule has 0 aliphatic heterocycles. The quantitative estimate of drug-likeness (QED) is 0.616. The topological polar surface area (TPSA) is 28.7 Å². The average Bonchev–Trinajstić information content (AvgIpc) is 2.38. The van der Waals surface area contributed by atoms with Crippen molar-refractivity contribution in [1.29, 1.82) is 0 Å². The molecule has 0 saturated carbocycles. The van der Waals surface area contributed by atoms with Gasteiger partial charge in [-0.2, -0.15) is 5.10 Å². The van der Waals surface area contributed by atoms with Gasteiger partial charge in [-0.3, -0.25) is 5.10 Å². The van der Waals surface area contributed by atoms with Crippen LogP contribution in [0.3, 0.4) is 0 Å². The van der Waals surface area contributed by atoms with Crippen molar-refractivity contribution in [2.24, 2.45) is 0 Å². The molecule has 0 spiro atoms. The molecule has 2 heteroatoms. The lowest BCUT2D eigenvalue weighted by molar-refractivity contribution is 1.08. The van der Waals surface area contributed by atoms with Crippen LogP contribution in [0.4, 0.5) is 0 Å². The maximum Gasteiger partial charge on any atom is 0.0644 e. The fourth-order valence-electron chi connectivity index (χ4n) is 0.726. The molecular formula is C8H10N2. The van der Waals surface area contributed by atoms with Crippen molar-refractivity contribution in [3.63, 3.8) is 0 Å². The molecule has 1 rings (SSSR count). The Morgan fingerprint density at radius 2 is 2.60 bits per heavy atom. The predicted molar refractivity (Wildman–Crippen MR) is 42.4 cm³/mol. The number of nitrogens with one attached hydrogen (secondary N) is 1. The van der Waals surface area contributed by atoms with Gasteiger partial charge in [-0.15, -0.1) is 0 Å². The number of aromatic amines is 1. The zero-order chi connectivity index (χ0) is 7.40. The first kappa shape index (κ1) is 6.81. The third kappa shape index (κ3) is 1.35. The second-order valence-corrected chi connectivity index (χ2v) is 2.00. The molecule has 0 fully saturated rings. The van der Waals surface area contributed by atoms with E-state index in [-0.39, 0.29) is 0 Å². The smallest absolute Gasteiger partial charge is 0.0644 e. The fraction of sp³-hybridized carbons (Fsp3) is 0.125. The summed E-state index contributed by atoms with van der Waals surface area (Å²) in [6, 6.07) is 1.89. The van der Waals surface area contributed by atoms with Crippen LogP contribution in [0.5, 0.6) is 0 Å². The van der Waals surface area contributed by atoms with Crippen LogP contribution in [0.15, 0.2) is 31.0 Å². The highest BCUT2D eigenvalue weighted by Crippen LogP contribution is 2.08. The predicted octanol–water partition coefficient (Wildman–Crippen LogP) is 2.00. The Balaban J connectivity index is 2.78. The minimum absolute atomic E-state index is 0.958. The second-order valence-electron chi connectivity index (χ2n) is 2.00. The van der Waals surface area contributed by atoms with Crippen LogP contribution in [0, 0.1) is 0 Å². The van der Waals surface area contributed by atoms with Gasteiger partial charge in [-0.05, 0) is 18.6 Å². The highest BCUT2D eigenvalue weighted by molar-refractivity contribution is 5.68. The lowest BCUT2D eigenvalue weighted by Gasteiger charge is -1.90. The number of aromatic nitrogens is 2. The minimum Gasteiger partial charge on any atom is -0.278 e. The Morgan fingerprint density at radius 3 is 3.10 bits per heavy atom. The Morgan fingerprint density at radius 1 is 1.80 bits per heavy atom. The van der Waals surface area contributed by atoms with Crippen molar-refractivity contribution >= 4 is 5.57 Å². The minimum atomic E-state index is 0.958. The van der Waals surface area contributed by atoms with Crippen molar-refractivity contribution < 1.29 is 0 Å². The zero-order valence-electron chi connectivity index (χ0n) is 5.96. The van der Waals surface area contributed by atoms with Crippen LogP contribution >= 0.6 is 0 Å². The van der Waals surface area contributed by atoms with Crippen LogP contribution in [-0.2, 0) is 0 Å². The van der Waals surface area contributed by atoms with Gasteiger partial charge >= 0.3 is 0 Å². The third-order valence-electron chi connectivity index (χ3n) is 1.21. The van der Waals surface area contributed by atoms with Gasteiger partial charge < -0.3 is 0 Å². The number of H-pyrrole nitrogens is 1. The van der Waals surface area contributed by atoms with Crippen LogP contribution in [0.25, 0.3) is 5.57 Å². The Kier molecular flexibility index (Phi) is 2.05. The SMILES string of the molecule is C=C(/C=C\C)c1ccn[nH]1. The molecule has 0 bridgehead atoms. The molecule has 0 saturated heterocycles. The van der Waals surface area contributed by atoms with Crippen molar-refractivity contribution in [2.75, 3.05) is 0 Å². The van der Waals surface area contributed by atoms with Gasteiger partial charge in [0, 0.05) is 6.20 Å². The van der Waals surface area contributed by atoms with E-state index in [0.29, 0.717) is 0 Å². The first-order chi connectivity index (χ1) is 4.84. The molecule has 1 heterocycles. The van der Waals surface area contributed by atoms with Crippen LogP contribution in [0.1, 0.15) is 12.6 Å². The molecular weight excluding hydrogens is 124 g/mol. The molecule has 0 aliphatic rings. The summed E-state index contributed by atoms with van der Waals surface area (Å²) in [4.78, 5) is 0. The molecule has 0 aliphatic carbocycles. The summed E-state index contributed by atoms with van der Waals surface area (Å²) >= 11 is 0. The molecule has 0 atom stereocenters. The van der Waals surface area contributed by atoms with Crippen LogP contribution < -0.4 is 0 Å². The lowest BCUT2D eigenvalue weighted by atomic mass is 10.2. The Hall–Kier alpha value is -1.31. The van der Waals surface area contributed by atoms with E-state index in [1.54, 1.807) is 6.20 Å². The van der Waals surface area contributed by atoms with Crippen molar-refractivity contribution in [3.8, 4) is 0 Å². The van der Waals surface area contributed by atoms with Crippen LogP contribution in [-0.4, -0.2) is 10.2 Å². The third-order valence-corrected chi connectivity index (χ3v) is 1.21. The molecule has 1 aromatic rings. The van der Waals surface area contributed by atoms with Gasteiger partial charge in [0.15, 0.2) is 0 Å². The maximum absolute atomic E-state index is 3.83. The number of hydrogen-bond donors (Lipinski definition) is 1. The molecule has 0 aromatic carbocycles. The largest absolute Gasteiger partial charge is 0.278 e. The monoisotopic (exact) mass is 134 g/mol. The lowest BCUT2D eigenvalue weighted by Crippen LogP contribution is -1.77. The van der Waals surface area contributed by atoms with Gasteiger partial charge in [-0.1, -0.05) is 18.7 Å².